The lowest BCUT2D eigenvalue weighted by molar-refractivity contribution is -0.115. The number of alkyl halides is 1. The highest BCUT2D eigenvalue weighted by Crippen LogP contribution is 2.31. The summed E-state index contributed by atoms with van der Waals surface area (Å²) in [5.74, 6) is -0.697. The molecule has 1 aromatic carbocycles. The average molecular weight is 446 g/mol. The summed E-state index contributed by atoms with van der Waals surface area (Å²) in [6.45, 7) is 2.07. The van der Waals surface area contributed by atoms with Crippen molar-refractivity contribution in [3.8, 4) is 0 Å². The van der Waals surface area contributed by atoms with Gasteiger partial charge in [-0.2, -0.15) is 0 Å². The highest BCUT2D eigenvalue weighted by molar-refractivity contribution is 9.10. The molecule has 0 spiro atoms. The smallest absolute Gasteiger partial charge is 0.356 e. The summed E-state index contributed by atoms with van der Waals surface area (Å²) >= 11 is 6.81. The van der Waals surface area contributed by atoms with Crippen molar-refractivity contribution >= 4 is 60.3 Å². The van der Waals surface area contributed by atoms with Crippen LogP contribution in [0.25, 0.3) is 10.9 Å². The molecule has 0 fully saturated rings. The van der Waals surface area contributed by atoms with Gasteiger partial charge in [0.15, 0.2) is 0 Å². The molecule has 0 aliphatic heterocycles. The fourth-order valence-electron chi connectivity index (χ4n) is 2.27. The number of anilines is 1. The number of aromatic amines is 1. The number of aromatic nitrogens is 1. The van der Waals surface area contributed by atoms with Gasteiger partial charge in [0.2, 0.25) is 5.91 Å². The van der Waals surface area contributed by atoms with Crippen molar-refractivity contribution in [3.05, 3.63) is 28.4 Å². The first-order chi connectivity index (χ1) is 11.0. The number of amides is 1. The highest BCUT2D eigenvalue weighted by Gasteiger charge is 2.23. The molecule has 2 aromatic rings. The van der Waals surface area contributed by atoms with Crippen LogP contribution in [0.4, 0.5) is 5.69 Å². The Kier molecular flexibility index (Phi) is 6.24. The van der Waals surface area contributed by atoms with Gasteiger partial charge in [-0.15, -0.1) is 0 Å². The lowest BCUT2D eigenvalue weighted by Gasteiger charge is -2.11. The van der Waals surface area contributed by atoms with E-state index in [1.54, 1.807) is 0 Å². The molecule has 7 heteroatoms. The fourth-order valence-corrected chi connectivity index (χ4v) is 3.06. The van der Waals surface area contributed by atoms with Crippen LogP contribution in [-0.2, 0) is 9.53 Å². The molecule has 2 N–H and O–H groups in total. The van der Waals surface area contributed by atoms with Crippen LogP contribution in [0.15, 0.2) is 22.7 Å². The molecule has 5 nitrogen and oxygen atoms in total. The van der Waals surface area contributed by atoms with Gasteiger partial charge in [0, 0.05) is 15.4 Å². The maximum Gasteiger partial charge on any atom is 0.356 e. The Bertz CT molecular complexity index is 727. The van der Waals surface area contributed by atoms with Gasteiger partial charge in [-0.1, -0.05) is 51.6 Å². The van der Waals surface area contributed by atoms with Crippen molar-refractivity contribution in [2.75, 3.05) is 12.4 Å². The molecule has 0 saturated carbocycles. The molecule has 1 unspecified atom stereocenters. The van der Waals surface area contributed by atoms with Gasteiger partial charge >= 0.3 is 5.97 Å². The van der Waals surface area contributed by atoms with Crippen molar-refractivity contribution in [2.45, 2.75) is 31.0 Å². The van der Waals surface area contributed by atoms with E-state index in [9.17, 15) is 9.59 Å². The Hall–Kier alpha value is -1.34. The van der Waals surface area contributed by atoms with Crippen molar-refractivity contribution in [1.82, 2.24) is 4.98 Å². The number of nitrogens with one attached hydrogen (secondary N) is 2. The first kappa shape index (κ1) is 18.0. The number of esters is 1. The van der Waals surface area contributed by atoms with Gasteiger partial charge in [-0.3, -0.25) is 4.79 Å². The topological polar surface area (TPSA) is 71.2 Å². The van der Waals surface area contributed by atoms with Gasteiger partial charge in [0.1, 0.15) is 5.69 Å². The van der Waals surface area contributed by atoms with Crippen molar-refractivity contribution in [1.29, 1.82) is 0 Å². The molecule has 2 rings (SSSR count). The second-order valence-corrected chi connectivity index (χ2v) is 7.18. The lowest BCUT2D eigenvalue weighted by atomic mass is 10.2. The Morgan fingerprint density at radius 2 is 2.13 bits per heavy atom. The number of hydrogen-bond donors (Lipinski definition) is 2. The fraction of sp³-hybridized carbons (Fsp3) is 0.375. The van der Waals surface area contributed by atoms with Crippen molar-refractivity contribution in [3.63, 3.8) is 0 Å². The first-order valence-electron chi connectivity index (χ1n) is 7.32. The van der Waals surface area contributed by atoms with Gasteiger partial charge in [0.25, 0.3) is 0 Å². The minimum Gasteiger partial charge on any atom is -0.464 e. The third kappa shape index (κ3) is 4.14. The number of carbonyl (C=O) groups is 2. The second kappa shape index (κ2) is 7.97. The summed E-state index contributed by atoms with van der Waals surface area (Å²) in [7, 11) is 1.31. The summed E-state index contributed by atoms with van der Waals surface area (Å²) in [6.07, 6.45) is 2.71. The summed E-state index contributed by atoms with van der Waals surface area (Å²) in [5, 5.41) is 3.60. The van der Waals surface area contributed by atoms with Crippen molar-refractivity contribution in [2.24, 2.45) is 0 Å². The van der Waals surface area contributed by atoms with E-state index < -0.39 is 5.97 Å². The van der Waals surface area contributed by atoms with Crippen LogP contribution in [-0.4, -0.2) is 28.8 Å². The Morgan fingerprint density at radius 3 is 2.78 bits per heavy atom. The quantitative estimate of drug-likeness (QED) is 0.503. The Labute approximate surface area is 151 Å². The summed E-state index contributed by atoms with van der Waals surface area (Å²) < 4.78 is 5.66. The monoisotopic (exact) mass is 444 g/mol. The third-order valence-corrected chi connectivity index (χ3v) is 4.86. The molecule has 1 aromatic heterocycles. The van der Waals surface area contributed by atoms with Gasteiger partial charge in [0.05, 0.1) is 17.6 Å². The van der Waals surface area contributed by atoms with E-state index in [0.29, 0.717) is 5.69 Å². The van der Waals surface area contributed by atoms with E-state index in [1.807, 2.05) is 18.2 Å². The van der Waals surface area contributed by atoms with Crippen LogP contribution in [0.2, 0.25) is 0 Å². The number of methoxy groups -OCH3 is 1. The zero-order valence-corrected chi connectivity index (χ0v) is 16.1. The third-order valence-electron chi connectivity index (χ3n) is 3.49. The maximum absolute atomic E-state index is 12.4. The molecule has 1 atom stereocenters. The van der Waals surface area contributed by atoms with E-state index in [1.165, 1.54) is 7.11 Å². The molecule has 0 aliphatic carbocycles. The Morgan fingerprint density at radius 1 is 1.39 bits per heavy atom. The number of fused-ring (bicyclic) bond motifs is 1. The molecule has 0 radical (unpaired) electrons. The molecular weight excluding hydrogens is 428 g/mol. The molecular formula is C16H18Br2N2O3. The number of hydrogen-bond acceptors (Lipinski definition) is 3. The SMILES string of the molecule is CCCCC(Br)C(=O)Nc1c(C(=O)OC)[nH]c2ccc(Br)cc12. The number of carbonyl (C=O) groups excluding carboxylic acids is 2. The predicted molar refractivity (Wildman–Crippen MR) is 98.2 cm³/mol. The molecule has 0 bridgehead atoms. The molecule has 0 aliphatic rings. The van der Waals surface area contributed by atoms with E-state index in [4.69, 9.17) is 4.74 Å². The van der Waals surface area contributed by atoms with Crippen LogP contribution < -0.4 is 5.32 Å². The Balaban J connectivity index is 2.38. The molecule has 124 valence electrons. The molecule has 0 saturated heterocycles. The van der Waals surface area contributed by atoms with Crippen LogP contribution in [0, 0.1) is 0 Å². The number of H-pyrrole nitrogens is 1. The largest absolute Gasteiger partial charge is 0.464 e. The zero-order valence-electron chi connectivity index (χ0n) is 12.9. The summed E-state index contributed by atoms with van der Waals surface area (Å²) in [5.41, 5.74) is 1.44. The number of rotatable bonds is 6. The van der Waals surface area contributed by atoms with E-state index >= 15 is 0 Å². The zero-order chi connectivity index (χ0) is 17.0. The maximum atomic E-state index is 12.4. The average Bonchev–Trinajstić information content (AvgIpc) is 2.89. The molecule has 1 heterocycles. The first-order valence-corrected chi connectivity index (χ1v) is 9.03. The molecule has 23 heavy (non-hydrogen) atoms. The lowest BCUT2D eigenvalue weighted by Crippen LogP contribution is -2.23. The van der Waals surface area contributed by atoms with Crippen LogP contribution in [0.5, 0.6) is 0 Å². The number of unbranched alkanes of at least 4 members (excludes halogenated alkanes) is 1. The van der Waals surface area contributed by atoms with Crippen LogP contribution in [0.3, 0.4) is 0 Å². The van der Waals surface area contributed by atoms with Crippen LogP contribution >= 0.6 is 31.9 Å². The summed E-state index contributed by atoms with van der Waals surface area (Å²) in [4.78, 5) is 27.1. The van der Waals surface area contributed by atoms with E-state index in [-0.39, 0.29) is 16.4 Å². The van der Waals surface area contributed by atoms with E-state index in [0.717, 1.165) is 34.6 Å². The summed E-state index contributed by atoms with van der Waals surface area (Å²) in [6, 6.07) is 5.55. The molecule has 1 amide bonds. The highest BCUT2D eigenvalue weighted by atomic mass is 79.9. The van der Waals surface area contributed by atoms with Gasteiger partial charge < -0.3 is 15.0 Å². The number of benzene rings is 1. The standard InChI is InChI=1S/C16H18Br2N2O3/c1-3-4-5-11(18)15(21)20-13-10-8-9(17)6-7-12(10)19-14(13)16(22)23-2/h6-8,11,19H,3-5H2,1-2H3,(H,20,21). The van der Waals surface area contributed by atoms with E-state index in [2.05, 4.69) is 49.1 Å². The minimum atomic E-state index is -0.521. The van der Waals surface area contributed by atoms with Gasteiger partial charge in [-0.25, -0.2) is 4.79 Å². The predicted octanol–water partition coefficient (Wildman–Crippen LogP) is 4.61. The van der Waals surface area contributed by atoms with Crippen LogP contribution in [0.1, 0.15) is 36.7 Å². The normalized spacial score (nSPS) is 12.2. The van der Waals surface area contributed by atoms with Gasteiger partial charge in [-0.05, 0) is 24.6 Å². The second-order valence-electron chi connectivity index (χ2n) is 5.16. The number of halogens is 2. The number of ether oxygens (including phenoxy) is 1. The minimum absolute atomic E-state index is 0.176. The van der Waals surface area contributed by atoms with Crippen molar-refractivity contribution < 1.29 is 14.3 Å².